The van der Waals surface area contributed by atoms with Crippen LogP contribution in [0.4, 0.5) is 0 Å². The Morgan fingerprint density at radius 1 is 1.10 bits per heavy atom. The Morgan fingerprint density at radius 2 is 1.80 bits per heavy atom. The largest absolute Gasteiger partial charge is 0.497 e. The lowest BCUT2D eigenvalue weighted by atomic mass is 10.1. The van der Waals surface area contributed by atoms with Crippen LogP contribution in [0.2, 0.25) is 10.2 Å². The van der Waals surface area contributed by atoms with E-state index in [1.807, 2.05) is 28.8 Å². The molecule has 0 radical (unpaired) electrons. The molecule has 1 aromatic heterocycles. The molecule has 2 aromatic carbocycles. The zero-order valence-electron chi connectivity index (χ0n) is 16.6. The van der Waals surface area contributed by atoms with Gasteiger partial charge in [-0.3, -0.25) is 9.59 Å². The lowest BCUT2D eigenvalue weighted by molar-refractivity contribution is -0.117. The smallest absolute Gasteiger partial charge is 0.292 e. The van der Waals surface area contributed by atoms with E-state index in [1.54, 1.807) is 25.3 Å². The molecule has 0 saturated heterocycles. The summed E-state index contributed by atoms with van der Waals surface area (Å²) in [6.07, 6.45) is 3.94. The molecule has 0 unspecified atom stereocenters. The third-order valence-corrected chi connectivity index (χ3v) is 6.23. The summed E-state index contributed by atoms with van der Waals surface area (Å²) in [5.74, 6) is -0.648. The van der Waals surface area contributed by atoms with Crippen LogP contribution in [0, 0.1) is 0 Å². The van der Waals surface area contributed by atoms with Gasteiger partial charge in [-0.15, -0.1) is 0 Å². The van der Waals surface area contributed by atoms with Crippen LogP contribution in [0.3, 0.4) is 0 Å². The van der Waals surface area contributed by atoms with Gasteiger partial charge in [0.25, 0.3) is 11.7 Å². The highest BCUT2D eigenvalue weighted by atomic mass is 35.5. The van der Waals surface area contributed by atoms with E-state index >= 15 is 0 Å². The molecule has 1 aliphatic rings. The van der Waals surface area contributed by atoms with Crippen molar-refractivity contribution in [2.45, 2.75) is 38.3 Å². The van der Waals surface area contributed by atoms with E-state index < -0.39 is 11.7 Å². The molecule has 1 amide bonds. The summed E-state index contributed by atoms with van der Waals surface area (Å²) in [5.41, 5.74) is 1.94. The van der Waals surface area contributed by atoms with Gasteiger partial charge in [0, 0.05) is 23.0 Å². The minimum Gasteiger partial charge on any atom is -0.497 e. The first-order chi connectivity index (χ1) is 14.5. The van der Waals surface area contributed by atoms with Crippen molar-refractivity contribution in [3.63, 3.8) is 0 Å². The van der Waals surface area contributed by atoms with Gasteiger partial charge in [0.15, 0.2) is 0 Å². The number of halogens is 2. The number of methoxy groups -OCH3 is 1. The quantitative estimate of drug-likeness (QED) is 0.417. The predicted molar refractivity (Wildman–Crippen MR) is 119 cm³/mol. The monoisotopic (exact) mass is 444 g/mol. The van der Waals surface area contributed by atoms with Crippen molar-refractivity contribution in [2.24, 2.45) is 0 Å². The Morgan fingerprint density at radius 3 is 2.47 bits per heavy atom. The standard InChI is InChI=1S/C23H22Cl2N2O3/c1-30-17-10-11-19-18(12-17)20(21(28)23(29)26-16-4-2-3-5-16)22(25)27(19)13-14-6-8-15(24)9-7-14/h6-12,16H,2-5,13H2,1H3,(H,26,29). The Labute approximate surface area is 184 Å². The summed E-state index contributed by atoms with van der Waals surface area (Å²) in [5, 5.41) is 4.34. The molecule has 30 heavy (non-hydrogen) atoms. The molecule has 1 saturated carbocycles. The van der Waals surface area contributed by atoms with Crippen molar-refractivity contribution >= 4 is 45.8 Å². The van der Waals surface area contributed by atoms with E-state index in [2.05, 4.69) is 5.32 Å². The second kappa shape index (κ2) is 8.70. The number of hydrogen-bond acceptors (Lipinski definition) is 3. The minimum atomic E-state index is -0.625. The zero-order chi connectivity index (χ0) is 21.3. The van der Waals surface area contributed by atoms with Crippen molar-refractivity contribution in [3.05, 3.63) is 63.8 Å². The molecule has 5 nitrogen and oxygen atoms in total. The molecule has 156 valence electrons. The number of nitrogens with one attached hydrogen (secondary N) is 1. The maximum atomic E-state index is 13.1. The number of aromatic nitrogens is 1. The number of benzene rings is 2. The molecule has 7 heteroatoms. The van der Waals surface area contributed by atoms with E-state index in [0.717, 1.165) is 36.8 Å². The Bertz CT molecular complexity index is 1100. The first-order valence-corrected chi connectivity index (χ1v) is 10.7. The highest BCUT2D eigenvalue weighted by molar-refractivity contribution is 6.49. The second-order valence-electron chi connectivity index (χ2n) is 7.55. The van der Waals surface area contributed by atoms with Crippen LogP contribution in [0.1, 0.15) is 41.6 Å². The van der Waals surface area contributed by atoms with Gasteiger partial charge in [-0.2, -0.15) is 0 Å². The van der Waals surface area contributed by atoms with Crippen molar-refractivity contribution in [1.29, 1.82) is 0 Å². The van der Waals surface area contributed by atoms with Crippen LogP contribution in [-0.4, -0.2) is 29.4 Å². The van der Waals surface area contributed by atoms with Gasteiger partial charge in [0.1, 0.15) is 10.9 Å². The van der Waals surface area contributed by atoms with Crippen molar-refractivity contribution in [3.8, 4) is 5.75 Å². The van der Waals surface area contributed by atoms with Crippen LogP contribution >= 0.6 is 23.2 Å². The van der Waals surface area contributed by atoms with Crippen LogP contribution < -0.4 is 10.1 Å². The summed E-state index contributed by atoms with van der Waals surface area (Å²) < 4.78 is 7.16. The molecule has 0 spiro atoms. The number of carbonyl (C=O) groups is 2. The van der Waals surface area contributed by atoms with Crippen LogP contribution in [0.5, 0.6) is 5.75 Å². The average Bonchev–Trinajstić information content (AvgIpc) is 3.35. The van der Waals surface area contributed by atoms with E-state index in [0.29, 0.717) is 22.7 Å². The van der Waals surface area contributed by atoms with Gasteiger partial charge < -0.3 is 14.6 Å². The van der Waals surface area contributed by atoms with E-state index in [9.17, 15) is 9.59 Å². The minimum absolute atomic E-state index is 0.0529. The highest BCUT2D eigenvalue weighted by Gasteiger charge is 2.29. The number of hydrogen-bond donors (Lipinski definition) is 1. The van der Waals surface area contributed by atoms with Crippen LogP contribution in [0.15, 0.2) is 42.5 Å². The van der Waals surface area contributed by atoms with Crippen LogP contribution in [0.25, 0.3) is 10.9 Å². The lowest BCUT2D eigenvalue weighted by Crippen LogP contribution is -2.37. The number of Topliss-reactive ketones (excluding diaryl/α,β-unsaturated/α-hetero) is 1. The maximum absolute atomic E-state index is 13.1. The molecule has 0 atom stereocenters. The third-order valence-electron chi connectivity index (χ3n) is 5.58. The number of carbonyl (C=O) groups excluding carboxylic acids is 2. The number of fused-ring (bicyclic) bond motifs is 1. The molecule has 1 N–H and O–H groups in total. The van der Waals surface area contributed by atoms with Gasteiger partial charge in [-0.05, 0) is 48.7 Å². The number of ketones is 1. The normalized spacial score (nSPS) is 14.2. The molecule has 1 aliphatic carbocycles. The van der Waals surface area contributed by atoms with E-state index in [1.165, 1.54) is 0 Å². The van der Waals surface area contributed by atoms with Crippen molar-refractivity contribution in [1.82, 2.24) is 9.88 Å². The Balaban J connectivity index is 1.75. The van der Waals surface area contributed by atoms with Gasteiger partial charge in [0.2, 0.25) is 0 Å². The third kappa shape index (κ3) is 4.05. The Kier molecular flexibility index (Phi) is 6.02. The Hall–Kier alpha value is -2.50. The van der Waals surface area contributed by atoms with Gasteiger partial charge in [-0.25, -0.2) is 0 Å². The summed E-state index contributed by atoms with van der Waals surface area (Å²) in [7, 11) is 1.56. The van der Waals surface area contributed by atoms with Gasteiger partial charge >= 0.3 is 0 Å². The van der Waals surface area contributed by atoms with E-state index in [-0.39, 0.29) is 16.8 Å². The summed E-state index contributed by atoms with van der Waals surface area (Å²) in [6.45, 7) is 0.441. The fraction of sp³-hybridized carbons (Fsp3) is 0.304. The molecule has 3 aromatic rings. The molecule has 0 bridgehead atoms. The fourth-order valence-corrected chi connectivity index (χ4v) is 4.47. The van der Waals surface area contributed by atoms with E-state index in [4.69, 9.17) is 27.9 Å². The molecular weight excluding hydrogens is 423 g/mol. The number of ether oxygens (including phenoxy) is 1. The van der Waals surface area contributed by atoms with Crippen molar-refractivity contribution in [2.75, 3.05) is 7.11 Å². The number of amides is 1. The van der Waals surface area contributed by atoms with Crippen LogP contribution in [-0.2, 0) is 11.3 Å². The molecular formula is C23H22Cl2N2O3. The fourth-order valence-electron chi connectivity index (χ4n) is 4.01. The topological polar surface area (TPSA) is 60.3 Å². The molecule has 4 rings (SSSR count). The summed E-state index contributed by atoms with van der Waals surface area (Å²) >= 11 is 12.7. The summed E-state index contributed by atoms with van der Waals surface area (Å²) in [4.78, 5) is 25.8. The molecule has 1 fully saturated rings. The predicted octanol–water partition coefficient (Wildman–Crippen LogP) is 5.25. The van der Waals surface area contributed by atoms with Gasteiger partial charge in [0.05, 0.1) is 18.2 Å². The number of nitrogens with zero attached hydrogens (tertiary/aromatic N) is 1. The molecule has 1 heterocycles. The number of rotatable bonds is 6. The van der Waals surface area contributed by atoms with Gasteiger partial charge in [-0.1, -0.05) is 48.2 Å². The average molecular weight is 445 g/mol. The zero-order valence-corrected chi connectivity index (χ0v) is 18.1. The SMILES string of the molecule is COc1ccc2c(c1)c(C(=O)C(=O)NC1CCCC1)c(Cl)n2Cc1ccc(Cl)cc1. The lowest BCUT2D eigenvalue weighted by Gasteiger charge is -2.11. The first kappa shape index (κ1) is 20.8. The van der Waals surface area contributed by atoms with Crippen molar-refractivity contribution < 1.29 is 14.3 Å². The maximum Gasteiger partial charge on any atom is 0.292 e. The highest BCUT2D eigenvalue weighted by Crippen LogP contribution is 2.34. The summed E-state index contributed by atoms with van der Waals surface area (Å²) in [6, 6.07) is 12.9. The molecule has 0 aliphatic heterocycles. The second-order valence-corrected chi connectivity index (χ2v) is 8.34. The first-order valence-electron chi connectivity index (χ1n) is 9.93.